The van der Waals surface area contributed by atoms with Gasteiger partial charge in [-0.3, -0.25) is 4.79 Å². The van der Waals surface area contributed by atoms with Crippen LogP contribution in [-0.2, 0) is 14.9 Å². The fourth-order valence-electron chi connectivity index (χ4n) is 5.71. The molecule has 0 saturated heterocycles. The number of benzene rings is 1. The van der Waals surface area contributed by atoms with Gasteiger partial charge < -0.3 is 19.0 Å². The average Bonchev–Trinajstić information content (AvgIpc) is 3.23. The standard InChI is InChI=1S/C33H36ClN3O4/c1-33(2,32-35-28-11-7-10-27(34)29(28)31(39)41-32)16-8-9-22(38)19-40-30-25-17-20(36(3)4)12-14-23(25)24-15-13-21(37(5)6)18-26(24)30/h10,12-15,17-18,23,25,30H,8-9,16,19H2,1-6H3. The fourth-order valence-corrected chi connectivity index (χ4v) is 5.93. The Bertz CT molecular complexity index is 1590. The highest BCUT2D eigenvalue weighted by Gasteiger charge is 2.41. The van der Waals surface area contributed by atoms with E-state index >= 15 is 0 Å². The summed E-state index contributed by atoms with van der Waals surface area (Å²) < 4.78 is 11.9. The summed E-state index contributed by atoms with van der Waals surface area (Å²) in [7, 11) is 8.13. The lowest BCUT2D eigenvalue weighted by Crippen LogP contribution is -2.23. The molecule has 0 bridgehead atoms. The number of ether oxygens (including phenoxy) is 1. The molecule has 0 saturated carbocycles. The van der Waals surface area contributed by atoms with Crippen LogP contribution in [0.2, 0.25) is 5.02 Å². The number of ketones is 1. The Morgan fingerprint density at radius 3 is 2.68 bits per heavy atom. The number of nitrogens with zero attached hydrogens (tertiary/aromatic N) is 3. The van der Waals surface area contributed by atoms with Crippen molar-refractivity contribution in [3.8, 4) is 0 Å². The number of likely N-dealkylation sites (N-methyl/N-ethyl adjacent to an activating group) is 1. The largest absolute Gasteiger partial charge is 0.407 e. The highest BCUT2D eigenvalue weighted by atomic mass is 35.5. The topological polar surface area (TPSA) is 75.9 Å². The molecule has 1 heterocycles. The van der Waals surface area contributed by atoms with Gasteiger partial charge in [0.1, 0.15) is 17.5 Å². The molecule has 1 aromatic heterocycles. The van der Waals surface area contributed by atoms with Crippen LogP contribution >= 0.6 is 11.6 Å². The predicted molar refractivity (Wildman–Crippen MR) is 161 cm³/mol. The fraction of sp³-hybridized carbons (Fsp3) is 0.424. The Morgan fingerprint density at radius 2 is 1.95 bits per heavy atom. The molecule has 41 heavy (non-hydrogen) atoms. The highest BCUT2D eigenvalue weighted by Crippen LogP contribution is 2.51. The van der Waals surface area contributed by atoms with Gasteiger partial charge in [0.05, 0.1) is 11.1 Å². The monoisotopic (exact) mass is 573 g/mol. The second-order valence-corrected chi connectivity index (χ2v) is 12.4. The Morgan fingerprint density at radius 1 is 1.17 bits per heavy atom. The maximum Gasteiger partial charge on any atom is 0.349 e. The average molecular weight is 574 g/mol. The van der Waals surface area contributed by atoms with E-state index in [9.17, 15) is 9.59 Å². The van der Waals surface area contributed by atoms with Crippen molar-refractivity contribution in [3.63, 3.8) is 0 Å². The summed E-state index contributed by atoms with van der Waals surface area (Å²) in [4.78, 5) is 34.2. The van der Waals surface area contributed by atoms with Gasteiger partial charge in [0, 0.05) is 69.3 Å². The van der Waals surface area contributed by atoms with E-state index in [0.29, 0.717) is 30.7 Å². The molecule has 0 spiro atoms. The smallest absolute Gasteiger partial charge is 0.349 e. The van der Waals surface area contributed by atoms with Crippen LogP contribution in [0.15, 0.2) is 57.4 Å². The maximum atomic E-state index is 13.0. The van der Waals surface area contributed by atoms with Crippen LogP contribution in [0.4, 0.5) is 5.69 Å². The van der Waals surface area contributed by atoms with Crippen LogP contribution in [0.25, 0.3) is 10.9 Å². The summed E-state index contributed by atoms with van der Waals surface area (Å²) in [5.74, 6) is 0.686. The summed E-state index contributed by atoms with van der Waals surface area (Å²) in [5, 5.41) is 0.438. The zero-order chi connectivity index (χ0) is 29.5. The molecule has 3 aromatic rings. The van der Waals surface area contributed by atoms with Crippen molar-refractivity contribution >= 4 is 34.0 Å². The van der Waals surface area contributed by atoms with Crippen LogP contribution in [0.5, 0.6) is 0 Å². The van der Waals surface area contributed by atoms with Crippen molar-refractivity contribution in [2.75, 3.05) is 39.7 Å². The highest BCUT2D eigenvalue weighted by molar-refractivity contribution is 6.35. The molecule has 2 aliphatic rings. The lowest BCUT2D eigenvalue weighted by Gasteiger charge is -2.27. The summed E-state index contributed by atoms with van der Waals surface area (Å²) >= 11 is 6.12. The van der Waals surface area contributed by atoms with Crippen molar-refractivity contribution < 1.29 is 13.9 Å². The molecule has 5 rings (SSSR count). The third kappa shape index (κ3) is 5.77. The first-order chi connectivity index (χ1) is 19.5. The van der Waals surface area contributed by atoms with E-state index in [2.05, 4.69) is 63.3 Å². The number of Topliss-reactive ketones (excluding diaryl/α,β-unsaturated/α-hetero) is 1. The van der Waals surface area contributed by atoms with Crippen LogP contribution < -0.4 is 10.5 Å². The molecule has 0 aliphatic heterocycles. The number of carbonyl (C=O) groups is 1. The molecule has 0 N–H and O–H groups in total. The summed E-state index contributed by atoms with van der Waals surface area (Å²) in [6.45, 7) is 3.94. The number of allylic oxidation sites excluding steroid dienone is 2. The van der Waals surface area contributed by atoms with Crippen LogP contribution in [0, 0.1) is 18.1 Å². The number of anilines is 1. The molecule has 2 aromatic carbocycles. The Hall–Kier alpha value is -3.60. The zero-order valence-corrected chi connectivity index (χ0v) is 25.2. The Balaban J connectivity index is 1.25. The molecule has 2 aliphatic carbocycles. The van der Waals surface area contributed by atoms with Crippen LogP contribution in [0.3, 0.4) is 0 Å². The summed E-state index contributed by atoms with van der Waals surface area (Å²) in [6.07, 6.45) is 8.05. The molecule has 214 valence electrons. The molecule has 7 nitrogen and oxygen atoms in total. The van der Waals surface area contributed by atoms with E-state index in [1.807, 2.05) is 42.0 Å². The van der Waals surface area contributed by atoms with Gasteiger partial charge >= 0.3 is 5.63 Å². The summed E-state index contributed by atoms with van der Waals surface area (Å²) in [5.41, 5.74) is 3.87. The minimum Gasteiger partial charge on any atom is -0.407 e. The van der Waals surface area contributed by atoms with Gasteiger partial charge in [0.2, 0.25) is 5.89 Å². The quantitative estimate of drug-likeness (QED) is 0.294. The predicted octanol–water partition coefficient (Wildman–Crippen LogP) is 6.01. The molecular weight excluding hydrogens is 538 g/mol. The van der Waals surface area contributed by atoms with Crippen molar-refractivity contribution in [3.05, 3.63) is 92.8 Å². The van der Waals surface area contributed by atoms with Crippen molar-refractivity contribution in [1.29, 1.82) is 0 Å². The number of hydrogen-bond donors (Lipinski definition) is 0. The number of carbonyl (C=O) groups excluding carboxylic acids is 1. The van der Waals surface area contributed by atoms with E-state index in [4.69, 9.17) is 20.8 Å². The maximum absolute atomic E-state index is 13.0. The minimum atomic E-state index is -0.563. The number of halogens is 1. The first-order valence-corrected chi connectivity index (χ1v) is 14.3. The third-order valence-electron chi connectivity index (χ3n) is 8.10. The number of hydrogen-bond acceptors (Lipinski definition) is 7. The molecule has 0 radical (unpaired) electrons. The molecule has 0 amide bonds. The Kier molecular flexibility index (Phi) is 8.00. The van der Waals surface area contributed by atoms with Gasteiger partial charge in [-0.25, -0.2) is 9.78 Å². The number of rotatable bonds is 10. The second kappa shape index (κ2) is 11.3. The first kappa shape index (κ1) is 28.9. The second-order valence-electron chi connectivity index (χ2n) is 12.0. The van der Waals surface area contributed by atoms with Crippen molar-refractivity contribution in [2.24, 2.45) is 5.92 Å². The normalized spacial score (nSPS) is 19.4. The molecule has 0 fully saturated rings. The van der Waals surface area contributed by atoms with Gasteiger partial charge in [-0.1, -0.05) is 49.7 Å². The SMILES string of the molecule is CN(C)C1=CC2C(C=C1)c1ccc(N(C)C)cc1C2OCC(=O)CCCC(C)(C)c1nc2c#ccc(Cl)c2c(=O)o1. The lowest BCUT2D eigenvalue weighted by atomic mass is 9.86. The van der Waals surface area contributed by atoms with E-state index in [1.165, 1.54) is 11.6 Å². The summed E-state index contributed by atoms with van der Waals surface area (Å²) in [6, 6.07) is 13.6. The van der Waals surface area contributed by atoms with E-state index in [-0.39, 0.29) is 40.7 Å². The van der Waals surface area contributed by atoms with Gasteiger partial charge in [-0.15, -0.1) is 0 Å². The van der Waals surface area contributed by atoms with Gasteiger partial charge in [0.15, 0.2) is 5.78 Å². The Labute approximate surface area is 246 Å². The lowest BCUT2D eigenvalue weighted by molar-refractivity contribution is -0.126. The van der Waals surface area contributed by atoms with Gasteiger partial charge in [0.25, 0.3) is 0 Å². The minimum absolute atomic E-state index is 0.0420. The van der Waals surface area contributed by atoms with Crippen molar-refractivity contribution in [2.45, 2.75) is 50.5 Å². The van der Waals surface area contributed by atoms with Gasteiger partial charge in [-0.05, 0) is 48.2 Å². The van der Waals surface area contributed by atoms with Crippen LogP contribution in [0.1, 0.15) is 62.1 Å². The number of fused-ring (bicyclic) bond motifs is 4. The van der Waals surface area contributed by atoms with E-state index < -0.39 is 11.0 Å². The number of aromatic nitrogens is 1. The molecule has 8 heteroatoms. The first-order valence-electron chi connectivity index (χ1n) is 13.9. The molecule has 3 atom stereocenters. The van der Waals surface area contributed by atoms with E-state index in [0.717, 1.165) is 16.9 Å². The van der Waals surface area contributed by atoms with Crippen molar-refractivity contribution in [1.82, 2.24) is 9.88 Å². The molecule has 3 unspecified atom stereocenters. The zero-order valence-electron chi connectivity index (χ0n) is 24.5. The van der Waals surface area contributed by atoms with E-state index in [1.54, 1.807) is 0 Å². The third-order valence-corrected chi connectivity index (χ3v) is 8.40. The van der Waals surface area contributed by atoms with Crippen LogP contribution in [-0.4, -0.2) is 50.5 Å². The van der Waals surface area contributed by atoms with Gasteiger partial charge in [-0.2, -0.15) is 0 Å². The molecular formula is C33H36ClN3O4.